The molecule has 0 aliphatic rings. The Hall–Kier alpha value is -2.02. The normalized spacial score (nSPS) is 11.3. The van der Waals surface area contributed by atoms with Gasteiger partial charge in [-0.25, -0.2) is 4.98 Å². The van der Waals surface area contributed by atoms with Crippen LogP contribution in [-0.4, -0.2) is 16.3 Å². The van der Waals surface area contributed by atoms with E-state index in [1.54, 1.807) is 6.92 Å². The Morgan fingerprint density at radius 3 is 2.43 bits per heavy atom. The number of benzene rings is 1. The molecule has 1 aromatic carbocycles. The molecule has 2 rings (SSSR count). The Kier molecular flexibility index (Phi) is 4.52. The zero-order valence-corrected chi connectivity index (χ0v) is 11.6. The van der Waals surface area contributed by atoms with Crippen molar-refractivity contribution in [3.63, 3.8) is 0 Å². The average molecular weight is 319 g/mol. The van der Waals surface area contributed by atoms with Crippen LogP contribution in [0.15, 0.2) is 30.5 Å². The van der Waals surface area contributed by atoms with E-state index in [-0.39, 0.29) is 17.6 Å². The van der Waals surface area contributed by atoms with Crippen LogP contribution in [0.3, 0.4) is 0 Å². The van der Waals surface area contributed by atoms with E-state index in [0.29, 0.717) is 11.3 Å². The largest absolute Gasteiger partial charge is 0.573 e. The maximum atomic E-state index is 12.3. The third kappa shape index (κ3) is 4.22. The maximum absolute atomic E-state index is 12.3. The number of rotatable bonds is 4. The zero-order chi connectivity index (χ0) is 15.5. The highest BCUT2D eigenvalue weighted by Crippen LogP contribution is 2.33. The molecule has 2 aromatic rings. The summed E-state index contributed by atoms with van der Waals surface area (Å²) in [5.74, 6) is -0.361. The van der Waals surface area contributed by atoms with Crippen molar-refractivity contribution in [1.82, 2.24) is 9.97 Å². The maximum Gasteiger partial charge on any atom is 0.573 e. The molecule has 1 heterocycles. The Morgan fingerprint density at radius 1 is 1.19 bits per heavy atom. The van der Waals surface area contributed by atoms with Gasteiger partial charge in [0.2, 0.25) is 0 Å². The molecule has 0 amide bonds. The van der Waals surface area contributed by atoms with Gasteiger partial charge in [-0.2, -0.15) is 4.98 Å². The minimum absolute atomic E-state index is 0.0837. The lowest BCUT2D eigenvalue weighted by molar-refractivity contribution is -0.275. The predicted molar refractivity (Wildman–Crippen MR) is 69.5 cm³/mol. The van der Waals surface area contributed by atoms with Gasteiger partial charge < -0.3 is 9.47 Å². The molecule has 0 fully saturated rings. The first kappa shape index (κ1) is 15.4. The molecule has 0 spiro atoms. The molecule has 1 aromatic heterocycles. The summed E-state index contributed by atoms with van der Waals surface area (Å²) in [7, 11) is 0. The number of aryl methyl sites for hydroxylation is 1. The van der Waals surface area contributed by atoms with Gasteiger partial charge in [0.05, 0.1) is 5.88 Å². The van der Waals surface area contributed by atoms with E-state index >= 15 is 0 Å². The fourth-order valence-corrected chi connectivity index (χ4v) is 1.76. The summed E-state index contributed by atoms with van der Waals surface area (Å²) in [6, 6.07) is 5.30. The number of ether oxygens (including phenoxy) is 2. The third-order valence-electron chi connectivity index (χ3n) is 2.48. The smallest absolute Gasteiger partial charge is 0.420 e. The van der Waals surface area contributed by atoms with Crippen LogP contribution in [0.25, 0.3) is 0 Å². The van der Waals surface area contributed by atoms with Crippen LogP contribution in [0.1, 0.15) is 11.3 Å². The van der Waals surface area contributed by atoms with E-state index in [1.165, 1.54) is 24.4 Å². The summed E-state index contributed by atoms with van der Waals surface area (Å²) < 4.78 is 46.0. The summed E-state index contributed by atoms with van der Waals surface area (Å²) >= 11 is 5.68. The van der Waals surface area contributed by atoms with Gasteiger partial charge in [-0.05, 0) is 19.1 Å². The number of halogens is 4. The molecule has 0 saturated heterocycles. The zero-order valence-electron chi connectivity index (χ0n) is 10.8. The molecule has 0 bridgehead atoms. The lowest BCUT2D eigenvalue weighted by atomic mass is 10.3. The second-order valence-corrected chi connectivity index (χ2v) is 4.26. The lowest BCUT2D eigenvalue weighted by Gasteiger charge is -2.13. The Morgan fingerprint density at radius 2 is 1.86 bits per heavy atom. The monoisotopic (exact) mass is 318 g/mol. The third-order valence-corrected chi connectivity index (χ3v) is 2.77. The van der Waals surface area contributed by atoms with Gasteiger partial charge in [0.15, 0.2) is 11.5 Å². The minimum atomic E-state index is -4.81. The molecule has 21 heavy (non-hydrogen) atoms. The first-order valence-electron chi connectivity index (χ1n) is 5.80. The van der Waals surface area contributed by atoms with Gasteiger partial charge >= 0.3 is 12.4 Å². The van der Waals surface area contributed by atoms with Gasteiger partial charge in [0.25, 0.3) is 0 Å². The van der Waals surface area contributed by atoms with E-state index < -0.39 is 12.1 Å². The van der Waals surface area contributed by atoms with Crippen molar-refractivity contribution in [3.8, 4) is 17.5 Å². The quantitative estimate of drug-likeness (QED) is 0.792. The van der Waals surface area contributed by atoms with Crippen LogP contribution in [0, 0.1) is 6.92 Å². The standard InChI is InChI=1S/C13H10ClF3N2O2/c1-8-9(6-14)7-18-12(19-8)20-10-4-2-3-5-11(10)21-13(15,16)17/h2-5,7H,6H2,1H3. The van der Waals surface area contributed by atoms with Crippen LogP contribution in [0.4, 0.5) is 13.2 Å². The molecule has 112 valence electrons. The number of alkyl halides is 4. The first-order chi connectivity index (χ1) is 9.89. The van der Waals surface area contributed by atoms with E-state index in [2.05, 4.69) is 14.7 Å². The SMILES string of the molecule is Cc1nc(Oc2ccccc2OC(F)(F)F)ncc1CCl. The highest BCUT2D eigenvalue weighted by Gasteiger charge is 2.32. The van der Waals surface area contributed by atoms with Crippen molar-refractivity contribution in [1.29, 1.82) is 0 Å². The van der Waals surface area contributed by atoms with E-state index in [4.69, 9.17) is 16.3 Å². The molecule has 0 saturated carbocycles. The van der Waals surface area contributed by atoms with Gasteiger partial charge in [-0.15, -0.1) is 24.8 Å². The molecule has 0 aliphatic carbocycles. The highest BCUT2D eigenvalue weighted by atomic mass is 35.5. The van der Waals surface area contributed by atoms with Gasteiger partial charge in [0.1, 0.15) is 0 Å². The first-order valence-corrected chi connectivity index (χ1v) is 6.33. The summed E-state index contributed by atoms with van der Waals surface area (Å²) in [5, 5.41) is 0. The molecule has 0 atom stereocenters. The number of nitrogens with zero attached hydrogens (tertiary/aromatic N) is 2. The fourth-order valence-electron chi connectivity index (χ4n) is 1.49. The van der Waals surface area contributed by atoms with Crippen molar-refractivity contribution in [2.24, 2.45) is 0 Å². The lowest BCUT2D eigenvalue weighted by Crippen LogP contribution is -2.17. The Balaban J connectivity index is 2.25. The van der Waals surface area contributed by atoms with Crippen molar-refractivity contribution < 1.29 is 22.6 Å². The van der Waals surface area contributed by atoms with Crippen LogP contribution in [0.5, 0.6) is 17.5 Å². The van der Waals surface area contributed by atoms with E-state index in [9.17, 15) is 13.2 Å². The van der Waals surface area contributed by atoms with Crippen LogP contribution >= 0.6 is 11.6 Å². The van der Waals surface area contributed by atoms with Crippen LogP contribution in [0.2, 0.25) is 0 Å². The molecule has 0 N–H and O–H groups in total. The average Bonchev–Trinajstić information content (AvgIpc) is 2.40. The Bertz CT molecular complexity index is 635. The summed E-state index contributed by atoms with van der Waals surface area (Å²) in [6.07, 6.45) is -3.35. The number of hydrogen-bond donors (Lipinski definition) is 0. The molecular formula is C13H10ClF3N2O2. The second kappa shape index (κ2) is 6.17. The second-order valence-electron chi connectivity index (χ2n) is 3.99. The number of para-hydroxylation sites is 2. The summed E-state index contributed by atoms with van der Waals surface area (Å²) in [4.78, 5) is 7.91. The molecule has 0 radical (unpaired) electrons. The Labute approximate surface area is 123 Å². The predicted octanol–water partition coefficient (Wildman–Crippen LogP) is 4.21. The molecule has 0 unspecified atom stereocenters. The number of aromatic nitrogens is 2. The highest BCUT2D eigenvalue weighted by molar-refractivity contribution is 6.17. The van der Waals surface area contributed by atoms with Crippen LogP contribution < -0.4 is 9.47 Å². The molecular weight excluding hydrogens is 309 g/mol. The summed E-state index contributed by atoms with van der Waals surface area (Å²) in [5.41, 5.74) is 1.30. The molecule has 8 heteroatoms. The minimum Gasteiger partial charge on any atom is -0.420 e. The van der Waals surface area contributed by atoms with E-state index in [1.807, 2.05) is 0 Å². The van der Waals surface area contributed by atoms with Crippen molar-refractivity contribution in [2.75, 3.05) is 0 Å². The topological polar surface area (TPSA) is 44.2 Å². The molecule has 4 nitrogen and oxygen atoms in total. The van der Waals surface area contributed by atoms with Gasteiger partial charge in [-0.1, -0.05) is 12.1 Å². The van der Waals surface area contributed by atoms with Crippen molar-refractivity contribution in [2.45, 2.75) is 19.2 Å². The van der Waals surface area contributed by atoms with Gasteiger partial charge in [-0.3, -0.25) is 0 Å². The van der Waals surface area contributed by atoms with E-state index in [0.717, 1.165) is 6.07 Å². The van der Waals surface area contributed by atoms with Crippen molar-refractivity contribution in [3.05, 3.63) is 41.7 Å². The number of hydrogen-bond acceptors (Lipinski definition) is 4. The summed E-state index contributed by atoms with van der Waals surface area (Å²) in [6.45, 7) is 1.70. The van der Waals surface area contributed by atoms with Gasteiger partial charge in [0, 0.05) is 17.5 Å². The fraction of sp³-hybridized carbons (Fsp3) is 0.231. The van der Waals surface area contributed by atoms with Crippen molar-refractivity contribution >= 4 is 11.6 Å². The van der Waals surface area contributed by atoms with Crippen LogP contribution in [-0.2, 0) is 5.88 Å². The molecule has 0 aliphatic heterocycles.